The Balaban J connectivity index is 1.97. The van der Waals surface area contributed by atoms with E-state index in [0.717, 1.165) is 29.6 Å². The summed E-state index contributed by atoms with van der Waals surface area (Å²) in [7, 11) is 0. The lowest BCUT2D eigenvalue weighted by atomic mass is 9.93. The third-order valence-corrected chi connectivity index (χ3v) is 3.70. The molecule has 0 saturated carbocycles. The van der Waals surface area contributed by atoms with Crippen LogP contribution in [-0.4, -0.2) is 23.7 Å². The van der Waals surface area contributed by atoms with E-state index in [-0.39, 0.29) is 6.04 Å². The number of nitrogens with one attached hydrogen (secondary N) is 1. The summed E-state index contributed by atoms with van der Waals surface area (Å²) in [5.74, 6) is 6.11. The molecule has 0 aromatic carbocycles. The minimum absolute atomic E-state index is 0.230. The predicted octanol–water partition coefficient (Wildman–Crippen LogP) is 1.64. The number of ether oxygens (including phenoxy) is 1. The van der Waals surface area contributed by atoms with Gasteiger partial charge in [-0.1, -0.05) is 0 Å². The van der Waals surface area contributed by atoms with E-state index in [1.807, 2.05) is 18.3 Å². The van der Waals surface area contributed by atoms with E-state index in [0.29, 0.717) is 12.0 Å². The molecule has 1 aliphatic heterocycles. The molecule has 1 aromatic rings. The predicted molar refractivity (Wildman–Crippen MR) is 70.3 cm³/mol. The molecule has 2 rings (SSSR count). The number of hydrazine groups is 1. The maximum absolute atomic E-state index is 5.63. The van der Waals surface area contributed by atoms with Gasteiger partial charge in [-0.2, -0.15) is 0 Å². The first-order valence-corrected chi connectivity index (χ1v) is 6.66. The van der Waals surface area contributed by atoms with E-state index in [1.165, 1.54) is 0 Å². The number of hydrogen-bond donors (Lipinski definition) is 2. The van der Waals surface area contributed by atoms with Gasteiger partial charge in [0.25, 0.3) is 0 Å². The van der Waals surface area contributed by atoms with E-state index >= 15 is 0 Å². The normalized spacial score (nSPS) is 26.1. The van der Waals surface area contributed by atoms with Crippen LogP contribution in [0, 0.1) is 5.92 Å². The standard InChI is InChI=1S/C12H18BrN3O/c1-8-4-9(7-17-8)12(16-14)5-11-3-2-10(13)6-15-11/h2-3,6,8-9,12,16H,4-5,7,14H2,1H3. The van der Waals surface area contributed by atoms with Crippen molar-refractivity contribution >= 4 is 15.9 Å². The molecule has 1 aliphatic rings. The molecule has 94 valence electrons. The maximum atomic E-state index is 5.63. The zero-order chi connectivity index (χ0) is 12.3. The summed E-state index contributed by atoms with van der Waals surface area (Å²) < 4.78 is 6.58. The van der Waals surface area contributed by atoms with Gasteiger partial charge in [-0.3, -0.25) is 16.3 Å². The summed E-state index contributed by atoms with van der Waals surface area (Å²) in [4.78, 5) is 4.37. The number of nitrogens with two attached hydrogens (primary N) is 1. The first-order valence-electron chi connectivity index (χ1n) is 5.87. The molecule has 0 radical (unpaired) electrons. The topological polar surface area (TPSA) is 60.2 Å². The van der Waals surface area contributed by atoms with Crippen LogP contribution in [0.3, 0.4) is 0 Å². The molecule has 2 heterocycles. The fraction of sp³-hybridized carbons (Fsp3) is 0.583. The Hall–Kier alpha value is -0.490. The van der Waals surface area contributed by atoms with Gasteiger partial charge >= 0.3 is 0 Å². The van der Waals surface area contributed by atoms with Crippen LogP contribution in [0.15, 0.2) is 22.8 Å². The molecule has 0 amide bonds. The number of nitrogens with zero attached hydrogens (tertiary/aromatic N) is 1. The number of halogens is 1. The Kier molecular flexibility index (Phi) is 4.50. The van der Waals surface area contributed by atoms with E-state index < -0.39 is 0 Å². The second-order valence-electron chi connectivity index (χ2n) is 4.58. The van der Waals surface area contributed by atoms with Gasteiger partial charge in [0.1, 0.15) is 0 Å². The summed E-state index contributed by atoms with van der Waals surface area (Å²) in [6, 6.07) is 4.26. The van der Waals surface area contributed by atoms with Crippen LogP contribution in [0.25, 0.3) is 0 Å². The summed E-state index contributed by atoms with van der Waals surface area (Å²) in [6.07, 6.45) is 4.06. The largest absolute Gasteiger partial charge is 0.378 e. The molecule has 3 atom stereocenters. The number of aromatic nitrogens is 1. The van der Waals surface area contributed by atoms with Crippen molar-refractivity contribution in [3.05, 3.63) is 28.5 Å². The maximum Gasteiger partial charge on any atom is 0.0551 e. The van der Waals surface area contributed by atoms with Gasteiger partial charge in [0.05, 0.1) is 12.7 Å². The quantitative estimate of drug-likeness (QED) is 0.655. The molecule has 0 spiro atoms. The van der Waals surface area contributed by atoms with Gasteiger partial charge in [0.2, 0.25) is 0 Å². The molecule has 0 aliphatic carbocycles. The fourth-order valence-corrected chi connectivity index (χ4v) is 2.48. The Morgan fingerprint density at radius 2 is 2.47 bits per heavy atom. The van der Waals surface area contributed by atoms with E-state index in [2.05, 4.69) is 33.3 Å². The van der Waals surface area contributed by atoms with E-state index in [9.17, 15) is 0 Å². The highest BCUT2D eigenvalue weighted by Gasteiger charge is 2.29. The van der Waals surface area contributed by atoms with Gasteiger partial charge in [-0.25, -0.2) is 0 Å². The second-order valence-corrected chi connectivity index (χ2v) is 5.50. The number of hydrogen-bond acceptors (Lipinski definition) is 4. The molecule has 1 saturated heterocycles. The Bertz CT molecular complexity index is 357. The van der Waals surface area contributed by atoms with E-state index in [1.54, 1.807) is 0 Å². The molecule has 3 N–H and O–H groups in total. The van der Waals surface area contributed by atoms with Crippen molar-refractivity contribution in [3.8, 4) is 0 Å². The first-order chi connectivity index (χ1) is 8.19. The van der Waals surface area contributed by atoms with Crippen LogP contribution in [-0.2, 0) is 11.2 Å². The number of pyridine rings is 1. The highest BCUT2D eigenvalue weighted by Crippen LogP contribution is 2.23. The van der Waals surface area contributed by atoms with Crippen molar-refractivity contribution < 1.29 is 4.74 Å². The zero-order valence-electron chi connectivity index (χ0n) is 9.90. The summed E-state index contributed by atoms with van der Waals surface area (Å²) in [5.41, 5.74) is 3.95. The van der Waals surface area contributed by atoms with Crippen LogP contribution in [0.5, 0.6) is 0 Å². The zero-order valence-corrected chi connectivity index (χ0v) is 11.5. The minimum Gasteiger partial charge on any atom is -0.378 e. The summed E-state index contributed by atoms with van der Waals surface area (Å²) in [5, 5.41) is 0. The summed E-state index contributed by atoms with van der Waals surface area (Å²) in [6.45, 7) is 2.89. The van der Waals surface area contributed by atoms with E-state index in [4.69, 9.17) is 10.6 Å². The molecular weight excluding hydrogens is 282 g/mol. The van der Waals surface area contributed by atoms with Crippen molar-refractivity contribution in [2.45, 2.75) is 31.9 Å². The highest BCUT2D eigenvalue weighted by molar-refractivity contribution is 9.10. The Morgan fingerprint density at radius 1 is 1.65 bits per heavy atom. The van der Waals surface area contributed by atoms with Gasteiger partial charge in [0, 0.05) is 34.7 Å². The minimum atomic E-state index is 0.230. The average molecular weight is 300 g/mol. The van der Waals surface area contributed by atoms with Crippen LogP contribution in [0.1, 0.15) is 19.0 Å². The van der Waals surface area contributed by atoms with Crippen molar-refractivity contribution in [1.82, 2.24) is 10.4 Å². The SMILES string of the molecule is CC1CC(C(Cc2ccc(Br)cn2)NN)CO1. The molecule has 17 heavy (non-hydrogen) atoms. The van der Waals surface area contributed by atoms with Gasteiger partial charge in [0.15, 0.2) is 0 Å². The number of rotatable bonds is 4. The molecule has 1 fully saturated rings. The lowest BCUT2D eigenvalue weighted by Crippen LogP contribution is -2.43. The fourth-order valence-electron chi connectivity index (χ4n) is 2.24. The third-order valence-electron chi connectivity index (χ3n) is 3.23. The molecule has 3 unspecified atom stereocenters. The van der Waals surface area contributed by atoms with Crippen LogP contribution >= 0.6 is 15.9 Å². The monoisotopic (exact) mass is 299 g/mol. The van der Waals surface area contributed by atoms with Crippen LogP contribution < -0.4 is 11.3 Å². The van der Waals surface area contributed by atoms with Crippen molar-refractivity contribution in [2.75, 3.05) is 6.61 Å². The Morgan fingerprint density at radius 3 is 3.00 bits per heavy atom. The van der Waals surface area contributed by atoms with Gasteiger partial charge < -0.3 is 4.74 Å². The Labute approximate surface area is 110 Å². The van der Waals surface area contributed by atoms with Gasteiger partial charge in [-0.05, 0) is 41.4 Å². The molecular formula is C12H18BrN3O. The first kappa shape index (κ1) is 13.0. The molecule has 5 heteroatoms. The average Bonchev–Trinajstić information content (AvgIpc) is 2.75. The second kappa shape index (κ2) is 5.91. The van der Waals surface area contributed by atoms with Crippen molar-refractivity contribution in [3.63, 3.8) is 0 Å². The lowest BCUT2D eigenvalue weighted by Gasteiger charge is -2.21. The lowest BCUT2D eigenvalue weighted by molar-refractivity contribution is 0.117. The molecule has 4 nitrogen and oxygen atoms in total. The third kappa shape index (κ3) is 3.48. The van der Waals surface area contributed by atoms with Crippen molar-refractivity contribution in [2.24, 2.45) is 11.8 Å². The van der Waals surface area contributed by atoms with Crippen molar-refractivity contribution in [1.29, 1.82) is 0 Å². The summed E-state index contributed by atoms with van der Waals surface area (Å²) >= 11 is 3.38. The molecule has 1 aromatic heterocycles. The smallest absolute Gasteiger partial charge is 0.0551 e. The van der Waals surface area contributed by atoms with Crippen LogP contribution in [0.2, 0.25) is 0 Å². The molecule has 0 bridgehead atoms. The van der Waals surface area contributed by atoms with Gasteiger partial charge in [-0.15, -0.1) is 0 Å². The van der Waals surface area contributed by atoms with Crippen LogP contribution in [0.4, 0.5) is 0 Å². The highest BCUT2D eigenvalue weighted by atomic mass is 79.9.